The Hall–Kier alpha value is -1.62. The Labute approximate surface area is 129 Å². The lowest BCUT2D eigenvalue weighted by Crippen LogP contribution is -2.25. The van der Waals surface area contributed by atoms with Gasteiger partial charge in [0.05, 0.1) is 11.1 Å². The van der Waals surface area contributed by atoms with Crippen molar-refractivity contribution in [1.29, 1.82) is 0 Å². The van der Waals surface area contributed by atoms with Crippen molar-refractivity contribution in [3.05, 3.63) is 39.3 Å². The van der Waals surface area contributed by atoms with Crippen LogP contribution in [0.2, 0.25) is 0 Å². The number of carbonyl (C=O) groups excluding carboxylic acids is 1. The molecule has 0 spiro atoms. The van der Waals surface area contributed by atoms with Gasteiger partial charge < -0.3 is 4.90 Å². The fraction of sp³-hybridized carbons (Fsp3) is 0.500. The molecular weight excluding hydrogens is 282 g/mol. The molecule has 1 amide bonds. The van der Waals surface area contributed by atoms with E-state index in [1.54, 1.807) is 20.9 Å². The minimum absolute atomic E-state index is 0.117. The molecule has 3 rings (SSSR count). The highest BCUT2D eigenvalue weighted by molar-refractivity contribution is 7.14. The van der Waals surface area contributed by atoms with Crippen LogP contribution in [-0.2, 0) is 26.4 Å². The third-order valence-corrected chi connectivity index (χ3v) is 5.29. The van der Waals surface area contributed by atoms with E-state index in [0.29, 0.717) is 6.54 Å². The van der Waals surface area contributed by atoms with E-state index in [9.17, 15) is 4.79 Å². The van der Waals surface area contributed by atoms with E-state index in [4.69, 9.17) is 0 Å². The molecule has 1 atom stereocenters. The van der Waals surface area contributed by atoms with Gasteiger partial charge >= 0.3 is 0 Å². The van der Waals surface area contributed by atoms with Crippen LogP contribution >= 0.6 is 11.3 Å². The molecule has 1 aliphatic carbocycles. The van der Waals surface area contributed by atoms with Crippen molar-refractivity contribution in [3.8, 4) is 0 Å². The molecule has 5 heteroatoms. The van der Waals surface area contributed by atoms with Gasteiger partial charge in [-0.05, 0) is 36.8 Å². The first-order valence-electron chi connectivity index (χ1n) is 7.37. The predicted molar refractivity (Wildman–Crippen MR) is 84.5 cm³/mol. The molecule has 21 heavy (non-hydrogen) atoms. The maximum absolute atomic E-state index is 12.6. The number of rotatable bonds is 3. The summed E-state index contributed by atoms with van der Waals surface area (Å²) in [6.07, 6.45) is 7.24. The zero-order chi connectivity index (χ0) is 15.0. The molecule has 0 saturated carbocycles. The minimum Gasteiger partial charge on any atom is -0.337 e. The van der Waals surface area contributed by atoms with E-state index in [1.807, 2.05) is 26.5 Å². The van der Waals surface area contributed by atoms with Gasteiger partial charge in [0, 0.05) is 37.3 Å². The molecule has 0 aliphatic heterocycles. The SMILES string of the molecule is C[C@@H]1CCc2sc(C(=O)N(C)Cc3cnn(C)c3)cc2C1. The maximum atomic E-state index is 12.6. The van der Waals surface area contributed by atoms with E-state index < -0.39 is 0 Å². The van der Waals surface area contributed by atoms with Gasteiger partial charge in [-0.3, -0.25) is 9.48 Å². The molecule has 4 nitrogen and oxygen atoms in total. The summed E-state index contributed by atoms with van der Waals surface area (Å²) in [6, 6.07) is 2.11. The van der Waals surface area contributed by atoms with E-state index in [1.165, 1.54) is 16.9 Å². The molecule has 2 heterocycles. The molecule has 0 radical (unpaired) electrons. The molecule has 0 fully saturated rings. The summed E-state index contributed by atoms with van der Waals surface area (Å²) in [7, 11) is 3.75. The zero-order valence-electron chi connectivity index (χ0n) is 12.8. The van der Waals surface area contributed by atoms with Crippen LogP contribution in [0.3, 0.4) is 0 Å². The van der Waals surface area contributed by atoms with Crippen molar-refractivity contribution in [2.24, 2.45) is 13.0 Å². The van der Waals surface area contributed by atoms with Crippen LogP contribution in [0.25, 0.3) is 0 Å². The predicted octanol–water partition coefficient (Wildman–Crippen LogP) is 2.88. The van der Waals surface area contributed by atoms with Gasteiger partial charge in [0.2, 0.25) is 0 Å². The lowest BCUT2D eigenvalue weighted by molar-refractivity contribution is 0.0790. The Balaban J connectivity index is 1.72. The maximum Gasteiger partial charge on any atom is 0.263 e. The average molecular weight is 303 g/mol. The third kappa shape index (κ3) is 3.02. The molecule has 1 aliphatic rings. The second-order valence-corrected chi connectivity index (χ2v) is 7.23. The summed E-state index contributed by atoms with van der Waals surface area (Å²) < 4.78 is 1.76. The Morgan fingerprint density at radius 1 is 1.57 bits per heavy atom. The van der Waals surface area contributed by atoms with Gasteiger partial charge in [-0.25, -0.2) is 0 Å². The first-order valence-corrected chi connectivity index (χ1v) is 8.19. The van der Waals surface area contributed by atoms with Crippen LogP contribution in [0.4, 0.5) is 0 Å². The lowest BCUT2D eigenvalue weighted by Gasteiger charge is -2.16. The highest BCUT2D eigenvalue weighted by Crippen LogP contribution is 2.32. The van der Waals surface area contributed by atoms with Crippen LogP contribution in [0.5, 0.6) is 0 Å². The fourth-order valence-electron chi connectivity index (χ4n) is 2.90. The molecule has 112 valence electrons. The quantitative estimate of drug-likeness (QED) is 0.874. The number of aromatic nitrogens is 2. The molecule has 0 saturated heterocycles. The molecule has 2 aromatic rings. The van der Waals surface area contributed by atoms with Crippen LogP contribution < -0.4 is 0 Å². The molecule has 2 aromatic heterocycles. The highest BCUT2D eigenvalue weighted by atomic mass is 32.1. The molecule has 0 N–H and O–H groups in total. The summed E-state index contributed by atoms with van der Waals surface area (Å²) >= 11 is 1.68. The van der Waals surface area contributed by atoms with E-state index in [-0.39, 0.29) is 5.91 Å². The van der Waals surface area contributed by atoms with E-state index in [2.05, 4.69) is 18.1 Å². The number of nitrogens with zero attached hydrogens (tertiary/aromatic N) is 3. The zero-order valence-corrected chi connectivity index (χ0v) is 13.6. The first kappa shape index (κ1) is 14.3. The van der Waals surface area contributed by atoms with Crippen molar-refractivity contribution in [2.75, 3.05) is 7.05 Å². The fourth-order valence-corrected chi connectivity index (χ4v) is 4.10. The minimum atomic E-state index is 0.117. The number of hydrogen-bond donors (Lipinski definition) is 0. The van der Waals surface area contributed by atoms with Gasteiger partial charge in [-0.2, -0.15) is 5.10 Å². The van der Waals surface area contributed by atoms with Crippen LogP contribution in [0, 0.1) is 5.92 Å². The lowest BCUT2D eigenvalue weighted by atomic mass is 9.90. The van der Waals surface area contributed by atoms with Gasteiger partial charge in [0.25, 0.3) is 5.91 Å². The Kier molecular flexibility index (Phi) is 3.85. The molecular formula is C16H21N3OS. The van der Waals surface area contributed by atoms with Crippen molar-refractivity contribution in [3.63, 3.8) is 0 Å². The third-order valence-electron chi connectivity index (χ3n) is 4.06. The smallest absolute Gasteiger partial charge is 0.263 e. The summed E-state index contributed by atoms with van der Waals surface area (Å²) in [5, 5.41) is 4.14. The molecule has 0 bridgehead atoms. The van der Waals surface area contributed by atoms with Crippen molar-refractivity contribution in [2.45, 2.75) is 32.7 Å². The number of hydrogen-bond acceptors (Lipinski definition) is 3. The highest BCUT2D eigenvalue weighted by Gasteiger charge is 2.22. The Morgan fingerprint density at radius 2 is 2.38 bits per heavy atom. The summed E-state index contributed by atoms with van der Waals surface area (Å²) in [5.74, 6) is 0.856. The normalized spacial score (nSPS) is 17.6. The van der Waals surface area contributed by atoms with Gasteiger partial charge in [-0.15, -0.1) is 11.3 Å². The number of fused-ring (bicyclic) bond motifs is 1. The standard InChI is InChI=1S/C16H21N3OS/c1-11-4-5-14-13(6-11)7-15(21-14)16(20)18(2)9-12-8-17-19(3)10-12/h7-8,10-11H,4-6,9H2,1-3H3/t11-/m1/s1. The van der Waals surface area contributed by atoms with Crippen LogP contribution in [-0.4, -0.2) is 27.6 Å². The molecule has 0 aromatic carbocycles. The summed E-state index contributed by atoms with van der Waals surface area (Å²) in [4.78, 5) is 16.6. The van der Waals surface area contributed by atoms with E-state index in [0.717, 1.165) is 29.2 Å². The summed E-state index contributed by atoms with van der Waals surface area (Å²) in [5.41, 5.74) is 2.44. The van der Waals surface area contributed by atoms with Crippen molar-refractivity contribution < 1.29 is 4.79 Å². The van der Waals surface area contributed by atoms with Gasteiger partial charge in [0.1, 0.15) is 0 Å². The van der Waals surface area contributed by atoms with Crippen LogP contribution in [0.15, 0.2) is 18.5 Å². The van der Waals surface area contributed by atoms with Gasteiger partial charge in [-0.1, -0.05) is 6.92 Å². The van der Waals surface area contributed by atoms with Gasteiger partial charge in [0.15, 0.2) is 0 Å². The molecule has 0 unspecified atom stereocenters. The average Bonchev–Trinajstić information content (AvgIpc) is 3.03. The topological polar surface area (TPSA) is 38.1 Å². The second-order valence-electron chi connectivity index (χ2n) is 6.09. The Morgan fingerprint density at radius 3 is 3.10 bits per heavy atom. The second kappa shape index (κ2) is 5.64. The number of thiophene rings is 1. The van der Waals surface area contributed by atoms with Crippen LogP contribution in [0.1, 0.15) is 39.0 Å². The first-order chi connectivity index (χ1) is 10.0. The van der Waals surface area contributed by atoms with E-state index >= 15 is 0 Å². The number of carbonyl (C=O) groups is 1. The summed E-state index contributed by atoms with van der Waals surface area (Å²) in [6.45, 7) is 2.89. The van der Waals surface area contributed by atoms with Crippen molar-refractivity contribution in [1.82, 2.24) is 14.7 Å². The largest absolute Gasteiger partial charge is 0.337 e. The Bertz CT molecular complexity index is 658. The number of amides is 1. The number of aryl methyl sites for hydroxylation is 2. The van der Waals surface area contributed by atoms with Crippen molar-refractivity contribution >= 4 is 17.2 Å². The monoisotopic (exact) mass is 303 g/mol.